The summed E-state index contributed by atoms with van der Waals surface area (Å²) in [7, 11) is 0. The zero-order valence-corrected chi connectivity index (χ0v) is 9.66. The first-order chi connectivity index (χ1) is 8.59. The second-order valence-corrected chi connectivity index (χ2v) is 3.80. The van der Waals surface area contributed by atoms with Crippen LogP contribution in [0.25, 0.3) is 0 Å². The van der Waals surface area contributed by atoms with Gasteiger partial charge in [0, 0.05) is 23.9 Å². The van der Waals surface area contributed by atoms with Crippen LogP contribution in [-0.2, 0) is 0 Å². The Balaban J connectivity index is 2.48. The number of rotatable bonds is 3. The van der Waals surface area contributed by atoms with Gasteiger partial charge < -0.3 is 0 Å². The van der Waals surface area contributed by atoms with Crippen LogP contribution in [0, 0.1) is 17.0 Å². The number of nitrogens with zero attached hydrogens (tertiary/aromatic N) is 2. The summed E-state index contributed by atoms with van der Waals surface area (Å²) < 4.78 is 0. The van der Waals surface area contributed by atoms with Crippen molar-refractivity contribution in [2.24, 2.45) is 0 Å². The number of pyridine rings is 1. The second kappa shape index (κ2) is 4.75. The Bertz CT molecular complexity index is 609. The number of hydrogen-bond donors (Lipinski definition) is 0. The number of nitro groups is 1. The van der Waals surface area contributed by atoms with Gasteiger partial charge in [0.15, 0.2) is 0 Å². The van der Waals surface area contributed by atoms with Gasteiger partial charge in [-0.1, -0.05) is 12.1 Å². The third kappa shape index (κ3) is 2.24. The molecule has 0 aliphatic rings. The maximum absolute atomic E-state index is 12.2. The normalized spacial score (nSPS) is 10.1. The summed E-state index contributed by atoms with van der Waals surface area (Å²) in [4.78, 5) is 26.3. The number of aryl methyl sites for hydroxylation is 1. The highest BCUT2D eigenvalue weighted by Gasteiger charge is 2.16. The maximum Gasteiger partial charge on any atom is 0.270 e. The van der Waals surface area contributed by atoms with Gasteiger partial charge in [-0.25, -0.2) is 0 Å². The molecule has 2 aromatic rings. The van der Waals surface area contributed by atoms with Gasteiger partial charge in [0.1, 0.15) is 5.69 Å². The molecule has 0 saturated carbocycles. The Morgan fingerprint density at radius 2 is 2.06 bits per heavy atom. The molecule has 1 heterocycles. The number of benzene rings is 1. The molecule has 0 aliphatic heterocycles. The highest BCUT2D eigenvalue weighted by atomic mass is 16.6. The summed E-state index contributed by atoms with van der Waals surface area (Å²) in [5.74, 6) is -0.309. The van der Waals surface area contributed by atoms with E-state index < -0.39 is 4.92 Å². The zero-order valence-electron chi connectivity index (χ0n) is 9.66. The van der Waals surface area contributed by atoms with Crippen molar-refractivity contribution in [3.05, 3.63) is 69.5 Å². The van der Waals surface area contributed by atoms with Crippen molar-refractivity contribution < 1.29 is 9.72 Å². The predicted molar refractivity (Wildman–Crippen MR) is 65.5 cm³/mol. The van der Waals surface area contributed by atoms with Crippen molar-refractivity contribution >= 4 is 11.5 Å². The van der Waals surface area contributed by atoms with Gasteiger partial charge in [0.25, 0.3) is 5.69 Å². The van der Waals surface area contributed by atoms with E-state index in [0.29, 0.717) is 11.1 Å². The standard InChI is InChI=1S/C13H10N2O3/c1-9-5-6-10(15(17)18)8-11(9)13(16)12-4-2-3-7-14-12/h2-8H,1H3. The molecule has 0 atom stereocenters. The molecule has 2 rings (SSSR count). The van der Waals surface area contributed by atoms with Crippen LogP contribution in [0.2, 0.25) is 0 Å². The number of nitro benzene ring substituents is 1. The van der Waals surface area contributed by atoms with Gasteiger partial charge in [-0.2, -0.15) is 0 Å². The molecule has 0 amide bonds. The molecule has 0 spiro atoms. The van der Waals surface area contributed by atoms with Crippen LogP contribution in [0.15, 0.2) is 42.6 Å². The van der Waals surface area contributed by atoms with Crippen LogP contribution in [0.3, 0.4) is 0 Å². The summed E-state index contributed by atoms with van der Waals surface area (Å²) in [6.45, 7) is 1.74. The van der Waals surface area contributed by atoms with E-state index in [1.54, 1.807) is 31.2 Å². The molecule has 0 unspecified atom stereocenters. The summed E-state index contributed by atoms with van der Waals surface area (Å²) in [5.41, 5.74) is 1.18. The van der Waals surface area contributed by atoms with Crippen molar-refractivity contribution in [2.45, 2.75) is 6.92 Å². The molecule has 0 saturated heterocycles. The first kappa shape index (κ1) is 11.9. The molecule has 0 fully saturated rings. The monoisotopic (exact) mass is 242 g/mol. The number of carbonyl (C=O) groups is 1. The van der Waals surface area contributed by atoms with E-state index in [1.807, 2.05) is 0 Å². The molecule has 5 nitrogen and oxygen atoms in total. The molecular weight excluding hydrogens is 232 g/mol. The molecule has 0 aliphatic carbocycles. The SMILES string of the molecule is Cc1ccc([N+](=O)[O-])cc1C(=O)c1ccccn1. The fraction of sp³-hybridized carbons (Fsp3) is 0.0769. The Morgan fingerprint density at radius 1 is 1.28 bits per heavy atom. The van der Waals surface area contributed by atoms with Crippen LogP contribution < -0.4 is 0 Å². The third-order valence-electron chi connectivity index (χ3n) is 2.57. The second-order valence-electron chi connectivity index (χ2n) is 3.80. The van der Waals surface area contributed by atoms with Crippen molar-refractivity contribution in [2.75, 3.05) is 0 Å². The smallest absolute Gasteiger partial charge is 0.270 e. The van der Waals surface area contributed by atoms with Gasteiger partial charge in [0.2, 0.25) is 5.78 Å². The van der Waals surface area contributed by atoms with Gasteiger partial charge in [-0.05, 0) is 24.6 Å². The highest BCUT2D eigenvalue weighted by molar-refractivity contribution is 6.08. The summed E-state index contributed by atoms with van der Waals surface area (Å²) in [6, 6.07) is 9.22. The van der Waals surface area contributed by atoms with E-state index in [1.165, 1.54) is 18.3 Å². The molecule has 1 aromatic heterocycles. The number of carbonyl (C=O) groups excluding carboxylic acids is 1. The van der Waals surface area contributed by atoms with E-state index in [-0.39, 0.29) is 17.2 Å². The lowest BCUT2D eigenvalue weighted by Crippen LogP contribution is -2.06. The minimum Gasteiger partial charge on any atom is -0.287 e. The van der Waals surface area contributed by atoms with Crippen LogP contribution in [-0.4, -0.2) is 15.7 Å². The summed E-state index contributed by atoms with van der Waals surface area (Å²) >= 11 is 0. The van der Waals surface area contributed by atoms with Crippen LogP contribution in [0.5, 0.6) is 0 Å². The Hall–Kier alpha value is -2.56. The fourth-order valence-electron chi connectivity index (χ4n) is 1.60. The molecule has 0 radical (unpaired) electrons. The average molecular weight is 242 g/mol. The topological polar surface area (TPSA) is 73.1 Å². The van der Waals surface area contributed by atoms with Crippen LogP contribution in [0.4, 0.5) is 5.69 Å². The first-order valence-corrected chi connectivity index (χ1v) is 5.30. The van der Waals surface area contributed by atoms with E-state index in [4.69, 9.17) is 0 Å². The van der Waals surface area contributed by atoms with Crippen molar-refractivity contribution in [3.63, 3.8) is 0 Å². The lowest BCUT2D eigenvalue weighted by molar-refractivity contribution is -0.384. The molecule has 0 bridgehead atoms. The Morgan fingerprint density at radius 3 is 2.67 bits per heavy atom. The summed E-state index contributed by atoms with van der Waals surface area (Å²) in [6.07, 6.45) is 1.51. The molecule has 5 heteroatoms. The third-order valence-corrected chi connectivity index (χ3v) is 2.57. The quantitative estimate of drug-likeness (QED) is 0.471. The maximum atomic E-state index is 12.2. The molecule has 18 heavy (non-hydrogen) atoms. The first-order valence-electron chi connectivity index (χ1n) is 5.30. The highest BCUT2D eigenvalue weighted by Crippen LogP contribution is 2.19. The minimum absolute atomic E-state index is 0.0973. The number of aromatic nitrogens is 1. The molecular formula is C13H10N2O3. The lowest BCUT2D eigenvalue weighted by Gasteiger charge is -2.04. The molecule has 0 N–H and O–H groups in total. The zero-order chi connectivity index (χ0) is 13.1. The number of non-ortho nitro benzene ring substituents is 1. The van der Waals surface area contributed by atoms with Gasteiger partial charge in [-0.3, -0.25) is 19.9 Å². The van der Waals surface area contributed by atoms with E-state index >= 15 is 0 Å². The number of hydrogen-bond acceptors (Lipinski definition) is 4. The fourth-order valence-corrected chi connectivity index (χ4v) is 1.60. The number of ketones is 1. The van der Waals surface area contributed by atoms with E-state index in [2.05, 4.69) is 4.98 Å². The minimum atomic E-state index is -0.519. The van der Waals surface area contributed by atoms with Crippen LogP contribution >= 0.6 is 0 Å². The lowest BCUT2D eigenvalue weighted by atomic mass is 10.0. The Kier molecular flexibility index (Phi) is 3.14. The average Bonchev–Trinajstić information content (AvgIpc) is 2.39. The van der Waals surface area contributed by atoms with Crippen molar-refractivity contribution in [1.29, 1.82) is 0 Å². The molecule has 90 valence electrons. The van der Waals surface area contributed by atoms with Gasteiger partial charge in [0.05, 0.1) is 4.92 Å². The summed E-state index contributed by atoms with van der Waals surface area (Å²) in [5, 5.41) is 10.7. The van der Waals surface area contributed by atoms with Gasteiger partial charge in [-0.15, -0.1) is 0 Å². The van der Waals surface area contributed by atoms with Crippen molar-refractivity contribution in [3.8, 4) is 0 Å². The van der Waals surface area contributed by atoms with Gasteiger partial charge >= 0.3 is 0 Å². The van der Waals surface area contributed by atoms with Crippen molar-refractivity contribution in [1.82, 2.24) is 4.98 Å². The molecule has 1 aromatic carbocycles. The van der Waals surface area contributed by atoms with E-state index in [0.717, 1.165) is 0 Å². The van der Waals surface area contributed by atoms with Crippen LogP contribution in [0.1, 0.15) is 21.6 Å². The predicted octanol–water partition coefficient (Wildman–Crippen LogP) is 2.53. The largest absolute Gasteiger partial charge is 0.287 e. The van der Waals surface area contributed by atoms with E-state index in [9.17, 15) is 14.9 Å². The Labute approximate surface area is 103 Å².